The van der Waals surface area contributed by atoms with Gasteiger partial charge in [0.05, 0.1) is 0 Å². The largest absolute Gasteiger partial charge is 0.0936 e. The van der Waals surface area contributed by atoms with Crippen LogP contribution >= 0.6 is 21.6 Å². The van der Waals surface area contributed by atoms with Crippen LogP contribution in [0.3, 0.4) is 0 Å². The zero-order valence-corrected chi connectivity index (χ0v) is 5.86. The van der Waals surface area contributed by atoms with Gasteiger partial charge in [0.15, 0.2) is 0 Å². The van der Waals surface area contributed by atoms with E-state index in [4.69, 9.17) is 4.11 Å². The van der Waals surface area contributed by atoms with Crippen LogP contribution in [0, 0.1) is 0 Å². The molecule has 0 radical (unpaired) electrons. The Balaban J connectivity index is 2.67. The predicted molar refractivity (Wildman–Crippen MR) is 38.7 cm³/mol. The Morgan fingerprint density at radius 3 is 3.00 bits per heavy atom. The molecule has 0 saturated carbocycles. The summed E-state index contributed by atoms with van der Waals surface area (Å²) in [6.07, 6.45) is 0.804. The molecule has 0 aliphatic carbocycles. The average Bonchev–Trinajstić information content (AvgIpc) is 2.13. The van der Waals surface area contributed by atoms with E-state index in [2.05, 4.69) is 0 Å². The van der Waals surface area contributed by atoms with Crippen molar-refractivity contribution >= 4 is 21.6 Å². The van der Waals surface area contributed by atoms with Crippen LogP contribution in [-0.4, -0.2) is 10.5 Å². The first-order chi connectivity index (χ1) is 4.46. The fourth-order valence-corrected chi connectivity index (χ4v) is 3.13. The first kappa shape index (κ1) is 3.02. The zero-order valence-electron chi connectivity index (χ0n) is 7.23. The highest BCUT2D eigenvalue weighted by Gasteiger charge is 2.23. The van der Waals surface area contributed by atoms with E-state index < -0.39 is 11.6 Å². The minimum Gasteiger partial charge on any atom is -0.0936 e. The highest BCUT2D eigenvalue weighted by Crippen LogP contribution is 2.45. The summed E-state index contributed by atoms with van der Waals surface area (Å²) in [6, 6.07) is 0. The van der Waals surface area contributed by atoms with Gasteiger partial charge in [-0.05, 0) is 20.2 Å². The lowest BCUT2D eigenvalue weighted by molar-refractivity contribution is 0.705. The van der Waals surface area contributed by atoms with Gasteiger partial charge in [0.2, 0.25) is 0 Å². The summed E-state index contributed by atoms with van der Waals surface area (Å²) in [7, 11) is 3.17. The molecule has 0 N–H and O–H groups in total. The van der Waals surface area contributed by atoms with Crippen molar-refractivity contribution in [3.63, 3.8) is 0 Å². The monoisotopic (exact) mass is 137 g/mol. The summed E-state index contributed by atoms with van der Waals surface area (Å²) in [5, 5.41) is 0. The van der Waals surface area contributed by atoms with Gasteiger partial charge in [-0.2, -0.15) is 0 Å². The summed E-state index contributed by atoms with van der Waals surface area (Å²) in [4.78, 5) is 0. The van der Waals surface area contributed by atoms with Gasteiger partial charge in [0, 0.05) is 14.6 Å². The molecule has 0 aromatic carbocycles. The quantitative estimate of drug-likeness (QED) is 0.471. The molecule has 42 valence electrons. The maximum Gasteiger partial charge on any atom is 0.0245 e. The summed E-state index contributed by atoms with van der Waals surface area (Å²) >= 11 is 0. The van der Waals surface area contributed by atoms with Crippen molar-refractivity contribution in [3.05, 3.63) is 0 Å². The van der Waals surface area contributed by atoms with Crippen LogP contribution in [0.2, 0.25) is 0 Å². The van der Waals surface area contributed by atoms with E-state index in [0.717, 1.165) is 12.2 Å². The third-order valence-corrected chi connectivity index (χ3v) is 3.92. The second-order valence-electron chi connectivity index (χ2n) is 1.89. The molecule has 1 fully saturated rings. The molecule has 0 amide bonds. The van der Waals surface area contributed by atoms with Crippen molar-refractivity contribution < 1.29 is 4.11 Å². The molecule has 0 aromatic rings. The Bertz CT molecular complexity index is 125. The van der Waals surface area contributed by atoms with Gasteiger partial charge in [-0.15, -0.1) is 0 Å². The number of hydrogen-bond acceptors (Lipinski definition) is 2. The topological polar surface area (TPSA) is 0 Å². The van der Waals surface area contributed by atoms with E-state index in [-0.39, 0.29) is 0 Å². The van der Waals surface area contributed by atoms with Gasteiger partial charge >= 0.3 is 0 Å². The summed E-state index contributed by atoms with van der Waals surface area (Å²) in [5.41, 5.74) is 0. The molecule has 1 heterocycles. The lowest BCUT2D eigenvalue weighted by Gasteiger charge is -2.11. The van der Waals surface area contributed by atoms with Crippen LogP contribution in [0.4, 0.5) is 0 Å². The molecular formula is C5H10S2. The van der Waals surface area contributed by atoms with Crippen molar-refractivity contribution in [2.24, 2.45) is 0 Å². The fraction of sp³-hybridized carbons (Fsp3) is 1.00. The molecule has 0 nitrogen and oxygen atoms in total. The van der Waals surface area contributed by atoms with E-state index in [9.17, 15) is 0 Å². The Kier molecular flexibility index (Phi) is 0.820. The van der Waals surface area contributed by atoms with Gasteiger partial charge in [0.1, 0.15) is 0 Å². The minimum atomic E-state index is -1.79. The number of hydrogen-bond donors (Lipinski definition) is 0. The number of rotatable bonds is 0. The van der Waals surface area contributed by atoms with Crippen LogP contribution < -0.4 is 0 Å². The molecule has 1 atom stereocenters. The molecule has 1 aliphatic heterocycles. The SMILES string of the molecule is [2H]C([2H])([2H])C1(C)CCSS1. The Hall–Kier alpha value is 0.700. The van der Waals surface area contributed by atoms with Crippen LogP contribution in [0.25, 0.3) is 0 Å². The molecule has 0 bridgehead atoms. The molecule has 2 heteroatoms. The van der Waals surface area contributed by atoms with Gasteiger partial charge < -0.3 is 0 Å². The van der Waals surface area contributed by atoms with Crippen LogP contribution in [0.5, 0.6) is 0 Å². The van der Waals surface area contributed by atoms with Crippen molar-refractivity contribution in [2.75, 3.05) is 5.75 Å². The Morgan fingerprint density at radius 1 is 1.86 bits per heavy atom. The van der Waals surface area contributed by atoms with E-state index in [1.165, 1.54) is 10.8 Å². The fourth-order valence-electron chi connectivity index (χ4n) is 0.450. The van der Waals surface area contributed by atoms with Gasteiger partial charge in [-0.3, -0.25) is 0 Å². The smallest absolute Gasteiger partial charge is 0.0245 e. The zero-order chi connectivity index (χ0) is 7.83. The first-order valence-corrected chi connectivity index (χ1v) is 4.58. The van der Waals surface area contributed by atoms with Crippen molar-refractivity contribution in [3.8, 4) is 0 Å². The third kappa shape index (κ3) is 1.57. The second-order valence-corrected chi connectivity index (χ2v) is 4.80. The second kappa shape index (κ2) is 1.90. The Morgan fingerprint density at radius 2 is 2.71 bits per heavy atom. The standard InChI is InChI=1S/C5H10S2/c1-5(2)3-4-6-7-5/h3-4H2,1-2H3/i1D3. The van der Waals surface area contributed by atoms with Gasteiger partial charge in [-0.1, -0.05) is 21.6 Å². The predicted octanol–water partition coefficient (Wildman–Crippen LogP) is 2.55. The summed E-state index contributed by atoms with van der Waals surface area (Å²) < 4.78 is 21.2. The van der Waals surface area contributed by atoms with Gasteiger partial charge in [-0.25, -0.2) is 0 Å². The molecule has 0 spiro atoms. The highest BCUT2D eigenvalue weighted by atomic mass is 33.1. The van der Waals surface area contributed by atoms with E-state index in [1.807, 2.05) is 6.92 Å². The van der Waals surface area contributed by atoms with Gasteiger partial charge in [0.25, 0.3) is 0 Å². The average molecular weight is 137 g/mol. The molecule has 1 saturated heterocycles. The van der Waals surface area contributed by atoms with E-state index >= 15 is 0 Å². The lowest BCUT2D eigenvalue weighted by Crippen LogP contribution is -2.07. The molecule has 1 unspecified atom stereocenters. The van der Waals surface area contributed by atoms with Crippen LogP contribution in [-0.2, 0) is 0 Å². The molecular weight excluding hydrogens is 124 g/mol. The van der Waals surface area contributed by atoms with E-state index in [1.54, 1.807) is 10.8 Å². The Labute approximate surface area is 57.1 Å². The minimum absolute atomic E-state index is 0.488. The van der Waals surface area contributed by atoms with Crippen LogP contribution in [0.1, 0.15) is 24.3 Å². The van der Waals surface area contributed by atoms with Crippen molar-refractivity contribution in [2.45, 2.75) is 24.9 Å². The molecule has 0 aromatic heterocycles. The lowest BCUT2D eigenvalue weighted by atomic mass is 10.1. The molecule has 7 heavy (non-hydrogen) atoms. The normalized spacial score (nSPS) is 50.1. The van der Waals surface area contributed by atoms with Crippen molar-refractivity contribution in [1.82, 2.24) is 0 Å². The van der Waals surface area contributed by atoms with Crippen LogP contribution in [0.15, 0.2) is 0 Å². The maximum atomic E-state index is 7.22. The summed E-state index contributed by atoms with van der Waals surface area (Å²) in [5.74, 6) is 0.972. The maximum absolute atomic E-state index is 7.22. The third-order valence-electron chi connectivity index (χ3n) is 0.905. The summed E-state index contributed by atoms with van der Waals surface area (Å²) in [6.45, 7) is 0.0336. The first-order valence-electron chi connectivity index (χ1n) is 3.76. The molecule has 1 rings (SSSR count). The van der Waals surface area contributed by atoms with Crippen molar-refractivity contribution in [1.29, 1.82) is 0 Å². The molecule has 1 aliphatic rings. The highest BCUT2D eigenvalue weighted by molar-refractivity contribution is 8.77. The van der Waals surface area contributed by atoms with E-state index in [0.29, 0.717) is 0 Å².